The van der Waals surface area contributed by atoms with Crippen LogP contribution in [0.4, 0.5) is 5.82 Å². The van der Waals surface area contributed by atoms with Gasteiger partial charge in [-0.1, -0.05) is 26.3 Å². The van der Waals surface area contributed by atoms with Crippen LogP contribution in [0.25, 0.3) is 0 Å². The Bertz CT molecular complexity index is 751. The number of rotatable bonds is 10. The predicted octanol–water partition coefficient (Wildman–Crippen LogP) is 4.38. The third-order valence-electron chi connectivity index (χ3n) is 4.53. The molecule has 6 heteroatoms. The average molecular weight is 371 g/mol. The van der Waals surface area contributed by atoms with Crippen molar-refractivity contribution in [3.8, 4) is 17.2 Å². The number of nitrogens with one attached hydrogen (secondary N) is 1. The summed E-state index contributed by atoms with van der Waals surface area (Å²) in [7, 11) is 0. The summed E-state index contributed by atoms with van der Waals surface area (Å²) in [6.45, 7) is 7.33. The number of ether oxygens (including phenoxy) is 3. The second-order valence-corrected chi connectivity index (χ2v) is 6.83. The Balaban J connectivity index is 1.55. The van der Waals surface area contributed by atoms with E-state index in [1.54, 1.807) is 6.20 Å². The first-order chi connectivity index (χ1) is 13.2. The predicted molar refractivity (Wildman–Crippen MR) is 106 cm³/mol. The number of fused-ring (bicyclic) bond motifs is 1. The number of hydrogen-bond donors (Lipinski definition) is 1. The Labute approximate surface area is 161 Å². The lowest BCUT2D eigenvalue weighted by molar-refractivity contribution is 0.174. The van der Waals surface area contributed by atoms with E-state index in [1.807, 2.05) is 12.1 Å². The molecule has 0 saturated heterocycles. The summed E-state index contributed by atoms with van der Waals surface area (Å²) in [5.41, 5.74) is 1.22. The molecule has 1 aliphatic rings. The van der Waals surface area contributed by atoms with Gasteiger partial charge in [-0.05, 0) is 43.9 Å². The maximum atomic E-state index is 5.99. The second-order valence-electron chi connectivity index (χ2n) is 6.83. The minimum absolute atomic E-state index is 0.307. The number of hydrogen-bond acceptors (Lipinski definition) is 6. The molecule has 27 heavy (non-hydrogen) atoms. The van der Waals surface area contributed by atoms with Crippen LogP contribution in [0.5, 0.6) is 17.2 Å². The highest BCUT2D eigenvalue weighted by Crippen LogP contribution is 2.32. The molecule has 0 amide bonds. The number of anilines is 1. The molecule has 1 aromatic heterocycles. The van der Waals surface area contributed by atoms with Crippen molar-refractivity contribution in [2.45, 2.75) is 58.9 Å². The lowest BCUT2D eigenvalue weighted by Gasteiger charge is -2.17. The van der Waals surface area contributed by atoms with Crippen molar-refractivity contribution in [2.75, 3.05) is 18.7 Å². The molecule has 0 aliphatic carbocycles. The van der Waals surface area contributed by atoms with Crippen molar-refractivity contribution in [3.05, 3.63) is 35.8 Å². The van der Waals surface area contributed by atoms with Crippen molar-refractivity contribution >= 4 is 5.82 Å². The third kappa shape index (κ3) is 5.25. The molecular formula is C21H29N3O3. The fraction of sp³-hybridized carbons (Fsp3) is 0.524. The number of aromatic nitrogens is 2. The van der Waals surface area contributed by atoms with Gasteiger partial charge in [0, 0.05) is 12.5 Å². The summed E-state index contributed by atoms with van der Waals surface area (Å²) in [6, 6.07) is 6.44. The van der Waals surface area contributed by atoms with Crippen LogP contribution < -0.4 is 19.5 Å². The third-order valence-corrected chi connectivity index (χ3v) is 4.53. The van der Waals surface area contributed by atoms with Crippen LogP contribution in [0.2, 0.25) is 0 Å². The van der Waals surface area contributed by atoms with E-state index in [4.69, 9.17) is 14.2 Å². The van der Waals surface area contributed by atoms with Crippen molar-refractivity contribution in [1.82, 2.24) is 9.97 Å². The normalized spacial score (nSPS) is 13.4. The van der Waals surface area contributed by atoms with E-state index in [-0.39, 0.29) is 0 Å². The highest BCUT2D eigenvalue weighted by molar-refractivity contribution is 5.49. The molecule has 1 aliphatic heterocycles. The van der Waals surface area contributed by atoms with Crippen molar-refractivity contribution in [3.63, 3.8) is 0 Å². The SMILES string of the molecule is CCCC(C)Nc1nc(CC)ncc1OCCCc1ccc2c(c1)OCO2. The van der Waals surface area contributed by atoms with Gasteiger partial charge in [0.1, 0.15) is 5.82 Å². The summed E-state index contributed by atoms with van der Waals surface area (Å²) >= 11 is 0. The molecule has 2 aromatic rings. The zero-order valence-corrected chi connectivity index (χ0v) is 16.5. The average Bonchev–Trinajstić information content (AvgIpc) is 3.14. The minimum Gasteiger partial charge on any atom is -0.488 e. The van der Waals surface area contributed by atoms with Crippen LogP contribution in [-0.2, 0) is 12.8 Å². The molecule has 0 bridgehead atoms. The maximum Gasteiger partial charge on any atom is 0.231 e. The molecule has 1 N–H and O–H groups in total. The molecule has 6 nitrogen and oxygen atoms in total. The molecule has 0 saturated carbocycles. The molecule has 1 unspecified atom stereocenters. The first kappa shape index (κ1) is 19.3. The first-order valence-corrected chi connectivity index (χ1v) is 9.83. The maximum absolute atomic E-state index is 5.99. The molecule has 0 radical (unpaired) electrons. The summed E-state index contributed by atoms with van der Waals surface area (Å²) in [6.07, 6.45) is 6.63. The van der Waals surface area contributed by atoms with Gasteiger partial charge in [0.05, 0.1) is 12.8 Å². The van der Waals surface area contributed by atoms with Crippen LogP contribution in [0.15, 0.2) is 24.4 Å². The molecule has 0 spiro atoms. The standard InChI is InChI=1S/C21H29N3O3/c1-4-7-15(3)23-21-19(13-22-20(5-2)24-21)25-11-6-8-16-9-10-17-18(12-16)27-14-26-17/h9-10,12-13,15H,4-8,11,14H2,1-3H3,(H,22,23,24). The van der Waals surface area contributed by atoms with Gasteiger partial charge in [-0.15, -0.1) is 0 Å². The number of benzene rings is 1. The van der Waals surface area contributed by atoms with Crippen LogP contribution >= 0.6 is 0 Å². The Hall–Kier alpha value is -2.50. The van der Waals surface area contributed by atoms with E-state index in [9.17, 15) is 0 Å². The van der Waals surface area contributed by atoms with Gasteiger partial charge < -0.3 is 19.5 Å². The zero-order valence-electron chi connectivity index (χ0n) is 16.5. The Morgan fingerprint density at radius 3 is 2.89 bits per heavy atom. The molecule has 1 atom stereocenters. The van der Waals surface area contributed by atoms with E-state index in [1.165, 1.54) is 5.56 Å². The largest absolute Gasteiger partial charge is 0.488 e. The van der Waals surface area contributed by atoms with Crippen LogP contribution in [0.3, 0.4) is 0 Å². The number of aryl methyl sites for hydroxylation is 2. The Kier molecular flexibility index (Phi) is 6.74. The minimum atomic E-state index is 0.307. The summed E-state index contributed by atoms with van der Waals surface area (Å²) in [5, 5.41) is 3.47. The highest BCUT2D eigenvalue weighted by Gasteiger charge is 2.14. The Morgan fingerprint density at radius 2 is 2.07 bits per heavy atom. The van der Waals surface area contributed by atoms with Crippen LogP contribution in [0.1, 0.15) is 51.4 Å². The van der Waals surface area contributed by atoms with Gasteiger partial charge in [-0.2, -0.15) is 0 Å². The lowest BCUT2D eigenvalue weighted by Crippen LogP contribution is -2.17. The van der Waals surface area contributed by atoms with E-state index in [2.05, 4.69) is 42.1 Å². The summed E-state index contributed by atoms with van der Waals surface area (Å²) in [4.78, 5) is 8.99. The van der Waals surface area contributed by atoms with Crippen molar-refractivity contribution in [1.29, 1.82) is 0 Å². The van der Waals surface area contributed by atoms with Gasteiger partial charge in [-0.25, -0.2) is 9.97 Å². The van der Waals surface area contributed by atoms with Crippen molar-refractivity contribution < 1.29 is 14.2 Å². The van der Waals surface area contributed by atoms with E-state index >= 15 is 0 Å². The van der Waals surface area contributed by atoms with Gasteiger partial charge in [0.25, 0.3) is 0 Å². The van der Waals surface area contributed by atoms with Crippen molar-refractivity contribution in [2.24, 2.45) is 0 Å². The second kappa shape index (κ2) is 9.44. The lowest BCUT2D eigenvalue weighted by atomic mass is 10.1. The molecule has 3 rings (SSSR count). The zero-order chi connectivity index (χ0) is 19.1. The van der Waals surface area contributed by atoms with Gasteiger partial charge in [0.15, 0.2) is 23.1 Å². The summed E-state index contributed by atoms with van der Waals surface area (Å²) in [5.74, 6) is 3.99. The first-order valence-electron chi connectivity index (χ1n) is 9.83. The topological polar surface area (TPSA) is 65.5 Å². The number of nitrogens with zero attached hydrogens (tertiary/aromatic N) is 2. The quantitative estimate of drug-likeness (QED) is 0.625. The smallest absolute Gasteiger partial charge is 0.231 e. The monoisotopic (exact) mass is 371 g/mol. The molecular weight excluding hydrogens is 342 g/mol. The van der Waals surface area contributed by atoms with Crippen LogP contribution in [-0.4, -0.2) is 29.4 Å². The van der Waals surface area contributed by atoms with Gasteiger partial charge in [-0.3, -0.25) is 0 Å². The summed E-state index contributed by atoms with van der Waals surface area (Å²) < 4.78 is 16.8. The van der Waals surface area contributed by atoms with Gasteiger partial charge >= 0.3 is 0 Å². The highest BCUT2D eigenvalue weighted by atomic mass is 16.7. The van der Waals surface area contributed by atoms with E-state index in [0.717, 1.165) is 61.0 Å². The van der Waals surface area contributed by atoms with E-state index < -0.39 is 0 Å². The Morgan fingerprint density at radius 1 is 1.22 bits per heavy atom. The van der Waals surface area contributed by atoms with Gasteiger partial charge in [0.2, 0.25) is 6.79 Å². The molecule has 0 fully saturated rings. The fourth-order valence-electron chi connectivity index (χ4n) is 3.08. The van der Waals surface area contributed by atoms with Crippen LogP contribution in [0, 0.1) is 0 Å². The fourth-order valence-corrected chi connectivity index (χ4v) is 3.08. The molecule has 2 heterocycles. The molecule has 146 valence electrons. The molecule has 1 aromatic carbocycles. The van der Waals surface area contributed by atoms with E-state index in [0.29, 0.717) is 19.4 Å².